The quantitative estimate of drug-likeness (QED) is 0.383. The molecule has 2 fully saturated rings. The highest BCUT2D eigenvalue weighted by atomic mass is 28.4. The van der Waals surface area contributed by atoms with Crippen molar-refractivity contribution >= 4 is 14.3 Å². The molecule has 0 bridgehead atoms. The Hall–Kier alpha value is -0.613. The molecule has 3 rings (SSSR count). The van der Waals surface area contributed by atoms with Crippen molar-refractivity contribution in [2.45, 2.75) is 84.7 Å². The van der Waals surface area contributed by atoms with Crippen LogP contribution in [0.4, 0.5) is 0 Å². The van der Waals surface area contributed by atoms with Gasteiger partial charge in [-0.2, -0.15) is 0 Å². The number of allylic oxidation sites excluding steroid dienone is 1. The Bertz CT molecular complexity index is 529. The van der Waals surface area contributed by atoms with E-state index in [0.717, 1.165) is 12.8 Å². The summed E-state index contributed by atoms with van der Waals surface area (Å²) in [6.45, 7) is 13.8. The Morgan fingerprint density at radius 2 is 1.88 bits per heavy atom. The summed E-state index contributed by atoms with van der Waals surface area (Å²) in [4.78, 5) is 12.5. The van der Waals surface area contributed by atoms with Gasteiger partial charge in [0.05, 0.1) is 12.0 Å². The van der Waals surface area contributed by atoms with Gasteiger partial charge in [-0.15, -0.1) is 0 Å². The molecule has 0 radical (unpaired) electrons. The van der Waals surface area contributed by atoms with Crippen LogP contribution < -0.4 is 0 Å². The van der Waals surface area contributed by atoms with Crippen LogP contribution in [-0.2, 0) is 14.0 Å². The third kappa shape index (κ3) is 3.14. The average molecular weight is 365 g/mol. The van der Waals surface area contributed by atoms with Gasteiger partial charge in [0.2, 0.25) is 0 Å². The Morgan fingerprint density at radius 3 is 2.48 bits per heavy atom. The molecular weight excluding hydrogens is 328 g/mol. The topological polar surface area (TPSA) is 35.5 Å². The van der Waals surface area contributed by atoms with Crippen LogP contribution in [0.1, 0.15) is 54.4 Å². The standard InChI is InChI=1S/C21H36O3Si/c1-7-25(8-2,9-3)24-18-14(4)11-10-12-15-17-16(18)13-21(5,6)19(17)23-20(15)22/h10-11,14-19H,7-9,12-13H2,1-6H3/b11-10-/t14-,15-,16+,17+,18+,19+/m0/s1. The molecule has 0 spiro atoms. The summed E-state index contributed by atoms with van der Waals surface area (Å²) in [7, 11) is -1.69. The van der Waals surface area contributed by atoms with Gasteiger partial charge in [-0.1, -0.05) is 53.7 Å². The number of ether oxygens (including phenoxy) is 1. The molecule has 3 nitrogen and oxygen atoms in total. The number of carbonyl (C=O) groups excluding carboxylic acids is 1. The van der Waals surface area contributed by atoms with Crippen LogP contribution in [0.25, 0.3) is 0 Å². The fourth-order valence-corrected chi connectivity index (χ4v) is 8.70. The molecule has 1 saturated carbocycles. The summed E-state index contributed by atoms with van der Waals surface area (Å²) >= 11 is 0. The average Bonchev–Trinajstić information content (AvgIpc) is 3.03. The lowest BCUT2D eigenvalue weighted by Gasteiger charge is -2.41. The van der Waals surface area contributed by atoms with E-state index in [-0.39, 0.29) is 29.5 Å². The normalized spacial score (nSPS) is 41.0. The highest BCUT2D eigenvalue weighted by Crippen LogP contribution is 2.57. The molecule has 1 saturated heterocycles. The van der Waals surface area contributed by atoms with Crippen LogP contribution >= 0.6 is 0 Å². The molecule has 0 aromatic heterocycles. The second-order valence-electron chi connectivity index (χ2n) is 9.25. The van der Waals surface area contributed by atoms with E-state index in [4.69, 9.17) is 9.16 Å². The number of esters is 1. The van der Waals surface area contributed by atoms with Crippen molar-refractivity contribution in [3.63, 3.8) is 0 Å². The minimum atomic E-state index is -1.69. The molecule has 0 aromatic rings. The summed E-state index contributed by atoms with van der Waals surface area (Å²) in [5, 5.41) is 0. The van der Waals surface area contributed by atoms with Crippen molar-refractivity contribution in [2.75, 3.05) is 0 Å². The smallest absolute Gasteiger partial charge is 0.309 e. The molecule has 2 aliphatic carbocycles. The zero-order valence-corrected chi connectivity index (χ0v) is 17.9. The van der Waals surface area contributed by atoms with Crippen molar-refractivity contribution in [3.05, 3.63) is 12.2 Å². The van der Waals surface area contributed by atoms with Crippen molar-refractivity contribution in [1.29, 1.82) is 0 Å². The maximum Gasteiger partial charge on any atom is 0.309 e. The molecular formula is C21H36O3Si. The summed E-state index contributed by atoms with van der Waals surface area (Å²) < 4.78 is 13.0. The van der Waals surface area contributed by atoms with E-state index in [2.05, 4.69) is 53.7 Å². The molecule has 142 valence electrons. The lowest BCUT2D eigenvalue weighted by Crippen LogP contribution is -2.47. The van der Waals surface area contributed by atoms with Crippen molar-refractivity contribution in [3.8, 4) is 0 Å². The maximum absolute atomic E-state index is 12.5. The molecule has 25 heavy (non-hydrogen) atoms. The van der Waals surface area contributed by atoms with Crippen LogP contribution in [0.5, 0.6) is 0 Å². The monoisotopic (exact) mass is 364 g/mol. The molecule has 4 heteroatoms. The minimum absolute atomic E-state index is 0.0238. The Balaban J connectivity index is 1.98. The summed E-state index contributed by atoms with van der Waals surface area (Å²) in [6.07, 6.45) is 6.75. The summed E-state index contributed by atoms with van der Waals surface area (Å²) in [5.74, 6) is 1.24. The van der Waals surface area contributed by atoms with Crippen LogP contribution in [0.15, 0.2) is 12.2 Å². The van der Waals surface area contributed by atoms with Gasteiger partial charge < -0.3 is 9.16 Å². The molecule has 1 aliphatic heterocycles. The Morgan fingerprint density at radius 1 is 1.24 bits per heavy atom. The molecule has 0 aromatic carbocycles. The number of hydrogen-bond donors (Lipinski definition) is 0. The second-order valence-corrected chi connectivity index (χ2v) is 14.0. The van der Waals surface area contributed by atoms with E-state index < -0.39 is 8.32 Å². The van der Waals surface area contributed by atoms with Gasteiger partial charge in [0.15, 0.2) is 8.32 Å². The summed E-state index contributed by atoms with van der Waals surface area (Å²) in [6, 6.07) is 3.53. The largest absolute Gasteiger partial charge is 0.461 e. The Kier molecular flexibility index (Phi) is 5.24. The number of hydrogen-bond acceptors (Lipinski definition) is 3. The van der Waals surface area contributed by atoms with Gasteiger partial charge in [-0.25, -0.2) is 0 Å². The van der Waals surface area contributed by atoms with E-state index in [1.165, 1.54) is 18.1 Å². The van der Waals surface area contributed by atoms with Crippen molar-refractivity contribution < 1.29 is 14.0 Å². The first-order chi connectivity index (χ1) is 11.8. The van der Waals surface area contributed by atoms with Gasteiger partial charge in [-0.3, -0.25) is 4.79 Å². The van der Waals surface area contributed by atoms with E-state index in [0.29, 0.717) is 17.8 Å². The van der Waals surface area contributed by atoms with Crippen LogP contribution in [-0.4, -0.2) is 26.5 Å². The van der Waals surface area contributed by atoms with Gasteiger partial charge in [0.1, 0.15) is 6.10 Å². The third-order valence-electron chi connectivity index (χ3n) is 7.48. The first-order valence-corrected chi connectivity index (χ1v) is 12.9. The van der Waals surface area contributed by atoms with E-state index in [9.17, 15) is 4.79 Å². The fraction of sp³-hybridized carbons (Fsp3) is 0.857. The maximum atomic E-state index is 12.5. The minimum Gasteiger partial charge on any atom is -0.461 e. The van der Waals surface area contributed by atoms with Crippen LogP contribution in [0.2, 0.25) is 18.1 Å². The van der Waals surface area contributed by atoms with E-state index in [1.807, 2.05) is 0 Å². The predicted molar refractivity (Wildman–Crippen MR) is 104 cm³/mol. The Labute approximate surface area is 154 Å². The zero-order chi connectivity index (χ0) is 18.4. The van der Waals surface area contributed by atoms with E-state index in [1.54, 1.807) is 0 Å². The van der Waals surface area contributed by atoms with Gasteiger partial charge in [0, 0.05) is 11.3 Å². The van der Waals surface area contributed by atoms with Crippen molar-refractivity contribution in [1.82, 2.24) is 0 Å². The molecule has 1 heterocycles. The molecule has 6 atom stereocenters. The van der Waals surface area contributed by atoms with Crippen molar-refractivity contribution in [2.24, 2.45) is 29.1 Å². The molecule has 0 unspecified atom stereocenters. The first-order valence-electron chi connectivity index (χ1n) is 10.3. The zero-order valence-electron chi connectivity index (χ0n) is 16.9. The molecule has 0 amide bonds. The van der Waals surface area contributed by atoms with Gasteiger partial charge in [-0.05, 0) is 42.8 Å². The first kappa shape index (κ1) is 19.2. The highest BCUT2D eigenvalue weighted by molar-refractivity contribution is 6.73. The molecule has 3 aliphatic rings. The SMILES string of the molecule is CC[Si](CC)(CC)O[C@H]1[C@@H]2CC(C)(C)[C@@H]3OC(=O)[C@@H](C/C=C\[C@@H]1C)[C@H]23. The lowest BCUT2D eigenvalue weighted by atomic mass is 9.75. The van der Waals surface area contributed by atoms with Gasteiger partial charge in [0.25, 0.3) is 0 Å². The lowest BCUT2D eigenvalue weighted by molar-refractivity contribution is -0.147. The fourth-order valence-electron chi connectivity index (χ4n) is 5.73. The third-order valence-corrected chi connectivity index (χ3v) is 12.1. The van der Waals surface area contributed by atoms with Gasteiger partial charge >= 0.3 is 5.97 Å². The number of rotatable bonds is 5. The van der Waals surface area contributed by atoms with Crippen LogP contribution in [0.3, 0.4) is 0 Å². The number of carbonyl (C=O) groups is 1. The molecule has 0 N–H and O–H groups in total. The predicted octanol–water partition coefficient (Wildman–Crippen LogP) is 5.18. The van der Waals surface area contributed by atoms with E-state index >= 15 is 0 Å². The van der Waals surface area contributed by atoms with Crippen LogP contribution in [0, 0.1) is 29.1 Å². The summed E-state index contributed by atoms with van der Waals surface area (Å²) in [5.41, 5.74) is 0.0558. The second kappa shape index (κ2) is 6.84. The highest BCUT2D eigenvalue weighted by Gasteiger charge is 2.61.